The predicted octanol–water partition coefficient (Wildman–Crippen LogP) is 7.27. The van der Waals surface area contributed by atoms with Crippen LogP contribution in [-0.4, -0.2) is 4.57 Å². The van der Waals surface area contributed by atoms with E-state index in [1.807, 2.05) is 0 Å². The molecule has 1 heterocycles. The lowest BCUT2D eigenvalue weighted by Gasteiger charge is -2.31. The van der Waals surface area contributed by atoms with Crippen molar-refractivity contribution in [3.63, 3.8) is 0 Å². The van der Waals surface area contributed by atoms with E-state index in [2.05, 4.69) is 134 Å². The number of aromatic nitrogens is 1. The first kappa shape index (κ1) is 18.9. The maximum Gasteiger partial charge on any atom is 0.0800 e. The Morgan fingerprint density at radius 1 is 0.625 bits per heavy atom. The Morgan fingerprint density at radius 2 is 1.19 bits per heavy atom. The van der Waals surface area contributed by atoms with E-state index in [9.17, 15) is 0 Å². The van der Waals surface area contributed by atoms with Gasteiger partial charge in [0.05, 0.1) is 5.41 Å². The van der Waals surface area contributed by atoms with E-state index in [-0.39, 0.29) is 5.41 Å². The van der Waals surface area contributed by atoms with Crippen molar-refractivity contribution in [3.05, 3.63) is 149 Å². The van der Waals surface area contributed by atoms with E-state index >= 15 is 0 Å². The zero-order chi connectivity index (χ0) is 21.7. The summed E-state index contributed by atoms with van der Waals surface area (Å²) in [6.07, 6.45) is 2.50. The molecule has 5 aromatic rings. The van der Waals surface area contributed by atoms with Gasteiger partial charge >= 0.3 is 0 Å². The van der Waals surface area contributed by atoms with E-state index in [1.54, 1.807) is 0 Å². The zero-order valence-electron chi connectivity index (χ0n) is 18.4. The predicted molar refractivity (Wildman–Crippen MR) is 134 cm³/mol. The van der Waals surface area contributed by atoms with E-state index in [0.717, 1.165) is 0 Å². The highest BCUT2D eigenvalue weighted by molar-refractivity contribution is 6.03. The Bertz CT molecular complexity index is 1410. The lowest BCUT2D eigenvalue weighted by atomic mass is 9.73. The Kier molecular flexibility index (Phi) is 4.19. The van der Waals surface area contributed by atoms with Crippen molar-refractivity contribution in [2.75, 3.05) is 0 Å². The standard InChI is InChI=1S/C31H25N/c1-22-17-19-23(20-18-22)27-21-31(24-11-5-3-6-12-24,25-13-7-4-8-14-25)30-29(27)26-15-9-10-16-28(26)32(30)2/h3-21H,1-2H3. The lowest BCUT2D eigenvalue weighted by molar-refractivity contribution is 0.708. The minimum Gasteiger partial charge on any atom is -0.346 e. The van der Waals surface area contributed by atoms with Gasteiger partial charge in [0.1, 0.15) is 0 Å². The molecule has 1 aromatic heterocycles. The van der Waals surface area contributed by atoms with Crippen molar-refractivity contribution in [3.8, 4) is 0 Å². The zero-order valence-corrected chi connectivity index (χ0v) is 18.4. The summed E-state index contributed by atoms with van der Waals surface area (Å²) in [7, 11) is 2.22. The Hall–Kier alpha value is -3.84. The molecule has 0 N–H and O–H groups in total. The molecule has 0 saturated carbocycles. The van der Waals surface area contributed by atoms with Crippen LogP contribution in [0.3, 0.4) is 0 Å². The van der Waals surface area contributed by atoms with Gasteiger partial charge in [0.15, 0.2) is 0 Å². The smallest absolute Gasteiger partial charge is 0.0800 e. The molecule has 0 fully saturated rings. The number of para-hydroxylation sites is 1. The molecular weight excluding hydrogens is 386 g/mol. The van der Waals surface area contributed by atoms with E-state index < -0.39 is 0 Å². The van der Waals surface area contributed by atoms with Crippen LogP contribution in [0.15, 0.2) is 115 Å². The van der Waals surface area contributed by atoms with Crippen LogP contribution >= 0.6 is 0 Å². The quantitative estimate of drug-likeness (QED) is 0.294. The number of aryl methyl sites for hydroxylation is 2. The molecule has 6 rings (SSSR count). The molecule has 0 saturated heterocycles. The van der Waals surface area contributed by atoms with Gasteiger partial charge in [-0.05, 0) is 35.3 Å². The third-order valence-corrected chi connectivity index (χ3v) is 6.93. The summed E-state index contributed by atoms with van der Waals surface area (Å²) in [5, 5.41) is 1.31. The highest BCUT2D eigenvalue weighted by atomic mass is 15.0. The van der Waals surface area contributed by atoms with Gasteiger partial charge in [-0.2, -0.15) is 0 Å². The summed E-state index contributed by atoms with van der Waals surface area (Å²) in [5.74, 6) is 0. The average Bonchev–Trinajstić information content (AvgIpc) is 3.36. The van der Waals surface area contributed by atoms with Crippen LogP contribution in [-0.2, 0) is 12.5 Å². The molecule has 0 amide bonds. The third kappa shape index (κ3) is 2.58. The Balaban J connectivity index is 1.79. The fourth-order valence-electron chi connectivity index (χ4n) is 5.45. The first-order valence-electron chi connectivity index (χ1n) is 11.2. The SMILES string of the molecule is Cc1ccc(C2=CC(c3ccccc3)(c3ccccc3)c3c2c2ccccc2n3C)cc1. The molecule has 1 aliphatic rings. The number of fused-ring (bicyclic) bond motifs is 3. The van der Waals surface area contributed by atoms with Gasteiger partial charge in [0, 0.05) is 29.2 Å². The average molecular weight is 412 g/mol. The number of hydrogen-bond acceptors (Lipinski definition) is 0. The van der Waals surface area contributed by atoms with Crippen molar-refractivity contribution in [2.45, 2.75) is 12.3 Å². The molecule has 0 aliphatic heterocycles. The second-order valence-corrected chi connectivity index (χ2v) is 8.76. The lowest BCUT2D eigenvalue weighted by Crippen LogP contribution is -2.28. The molecule has 0 bridgehead atoms. The van der Waals surface area contributed by atoms with Crippen LogP contribution in [0, 0.1) is 6.92 Å². The molecule has 4 aromatic carbocycles. The second kappa shape index (κ2) is 7.10. The summed E-state index contributed by atoms with van der Waals surface area (Å²) in [6, 6.07) is 39.6. The minimum absolute atomic E-state index is 0.355. The highest BCUT2D eigenvalue weighted by Crippen LogP contribution is 2.53. The molecular formula is C31H25N. The third-order valence-electron chi connectivity index (χ3n) is 6.93. The number of rotatable bonds is 3. The summed E-state index contributed by atoms with van der Waals surface area (Å²) in [4.78, 5) is 0. The van der Waals surface area contributed by atoms with E-state index in [1.165, 1.54) is 50.0 Å². The highest BCUT2D eigenvalue weighted by Gasteiger charge is 2.45. The van der Waals surface area contributed by atoms with Crippen molar-refractivity contribution < 1.29 is 0 Å². The molecule has 154 valence electrons. The minimum atomic E-state index is -0.355. The summed E-state index contributed by atoms with van der Waals surface area (Å²) in [5.41, 5.74) is 10.0. The van der Waals surface area contributed by atoms with Crippen molar-refractivity contribution in [1.29, 1.82) is 0 Å². The number of nitrogens with zero attached hydrogens (tertiary/aromatic N) is 1. The molecule has 0 atom stereocenters. The fourth-order valence-corrected chi connectivity index (χ4v) is 5.45. The Labute approximate surface area is 189 Å². The van der Waals surface area contributed by atoms with Gasteiger partial charge in [-0.1, -0.05) is 115 Å². The first-order valence-corrected chi connectivity index (χ1v) is 11.2. The number of benzene rings is 4. The number of hydrogen-bond donors (Lipinski definition) is 0. The molecule has 0 spiro atoms. The molecule has 1 aliphatic carbocycles. The van der Waals surface area contributed by atoms with Crippen LogP contribution in [0.2, 0.25) is 0 Å². The monoisotopic (exact) mass is 411 g/mol. The van der Waals surface area contributed by atoms with Gasteiger partial charge in [0.25, 0.3) is 0 Å². The molecule has 0 unspecified atom stereocenters. The van der Waals surface area contributed by atoms with Crippen LogP contribution in [0.25, 0.3) is 16.5 Å². The maximum atomic E-state index is 2.50. The van der Waals surface area contributed by atoms with Gasteiger partial charge < -0.3 is 4.57 Å². The van der Waals surface area contributed by atoms with Gasteiger partial charge in [0.2, 0.25) is 0 Å². The van der Waals surface area contributed by atoms with Crippen molar-refractivity contribution in [1.82, 2.24) is 4.57 Å². The Morgan fingerprint density at radius 3 is 1.81 bits per heavy atom. The van der Waals surface area contributed by atoms with E-state index in [4.69, 9.17) is 0 Å². The van der Waals surface area contributed by atoms with Crippen LogP contribution in [0.4, 0.5) is 0 Å². The van der Waals surface area contributed by atoms with Gasteiger partial charge in [-0.25, -0.2) is 0 Å². The largest absolute Gasteiger partial charge is 0.346 e. The molecule has 1 nitrogen and oxygen atoms in total. The maximum absolute atomic E-state index is 2.50. The second-order valence-electron chi connectivity index (χ2n) is 8.76. The van der Waals surface area contributed by atoms with Crippen LogP contribution in [0.1, 0.15) is 33.5 Å². The van der Waals surface area contributed by atoms with Crippen LogP contribution < -0.4 is 0 Å². The van der Waals surface area contributed by atoms with Crippen molar-refractivity contribution >= 4 is 16.5 Å². The summed E-state index contributed by atoms with van der Waals surface area (Å²) in [6.45, 7) is 2.15. The van der Waals surface area contributed by atoms with Gasteiger partial charge in [-0.3, -0.25) is 0 Å². The molecule has 1 heteroatoms. The first-order chi connectivity index (χ1) is 15.7. The van der Waals surface area contributed by atoms with Crippen LogP contribution in [0.5, 0.6) is 0 Å². The number of allylic oxidation sites excluding steroid dienone is 1. The molecule has 0 radical (unpaired) electrons. The summed E-state index contributed by atoms with van der Waals surface area (Å²) >= 11 is 0. The normalized spacial score (nSPS) is 14.4. The van der Waals surface area contributed by atoms with Crippen molar-refractivity contribution in [2.24, 2.45) is 7.05 Å². The topological polar surface area (TPSA) is 4.93 Å². The van der Waals surface area contributed by atoms with Gasteiger partial charge in [-0.15, -0.1) is 0 Å². The van der Waals surface area contributed by atoms with E-state index in [0.29, 0.717) is 0 Å². The fraction of sp³-hybridized carbons (Fsp3) is 0.0968. The summed E-state index contributed by atoms with van der Waals surface area (Å²) < 4.78 is 2.41. The molecule has 32 heavy (non-hydrogen) atoms.